The summed E-state index contributed by atoms with van der Waals surface area (Å²) < 4.78 is 2.34. The Hall–Kier alpha value is -4.43. The molecule has 2 heterocycles. The van der Waals surface area contributed by atoms with Gasteiger partial charge >= 0.3 is 0 Å². The molecule has 0 spiro atoms. The summed E-state index contributed by atoms with van der Waals surface area (Å²) in [5, 5.41) is 3.86. The van der Waals surface area contributed by atoms with Gasteiger partial charge in [-0.15, -0.1) is 0 Å². The first-order chi connectivity index (χ1) is 17.4. The van der Waals surface area contributed by atoms with Crippen LogP contribution < -0.4 is 0 Å². The molecule has 0 N–H and O–H groups in total. The third-order valence-electron chi connectivity index (χ3n) is 8.21. The van der Waals surface area contributed by atoms with Crippen molar-refractivity contribution in [3.05, 3.63) is 119 Å². The summed E-state index contributed by atoms with van der Waals surface area (Å²) >= 11 is 0. The fourth-order valence-electron chi connectivity index (χ4n) is 6.81. The molecule has 0 radical (unpaired) electrons. The highest BCUT2D eigenvalue weighted by Gasteiger charge is 2.30. The van der Waals surface area contributed by atoms with Gasteiger partial charge in [-0.2, -0.15) is 0 Å². The number of imidazole rings is 1. The van der Waals surface area contributed by atoms with E-state index in [1.165, 1.54) is 66.2 Å². The van der Waals surface area contributed by atoms with Crippen molar-refractivity contribution in [3.63, 3.8) is 0 Å². The Balaban J connectivity index is 1.47. The SMILES string of the molecule is c1ccc2c(c1)Cc1ccc3c(c1-2)Cc1ccc2c(c1-3)c1ccccc1n1c3ccccc3nc21. The van der Waals surface area contributed by atoms with Crippen LogP contribution in [0.3, 0.4) is 0 Å². The second-order valence-electron chi connectivity index (χ2n) is 9.94. The molecule has 0 saturated carbocycles. The Labute approximate surface area is 202 Å². The maximum Gasteiger partial charge on any atom is 0.146 e. The minimum atomic E-state index is 0.994. The first-order valence-electron chi connectivity index (χ1n) is 12.3. The van der Waals surface area contributed by atoms with E-state index in [-0.39, 0.29) is 0 Å². The third kappa shape index (κ3) is 2.14. The molecular weight excluding hydrogens is 424 g/mol. The summed E-state index contributed by atoms with van der Waals surface area (Å²) in [7, 11) is 0. The molecule has 7 aromatic rings. The molecule has 0 fully saturated rings. The lowest BCUT2D eigenvalue weighted by Gasteiger charge is -2.14. The molecule has 0 atom stereocenters. The molecule has 0 bridgehead atoms. The van der Waals surface area contributed by atoms with Gasteiger partial charge < -0.3 is 0 Å². The van der Waals surface area contributed by atoms with Gasteiger partial charge in [0.1, 0.15) is 5.65 Å². The number of rotatable bonds is 0. The number of hydrogen-bond donors (Lipinski definition) is 0. The van der Waals surface area contributed by atoms with Crippen molar-refractivity contribution in [2.24, 2.45) is 0 Å². The van der Waals surface area contributed by atoms with Crippen LogP contribution in [0.25, 0.3) is 60.6 Å². The average molecular weight is 445 g/mol. The molecule has 162 valence electrons. The van der Waals surface area contributed by atoms with Crippen molar-refractivity contribution in [2.75, 3.05) is 0 Å². The van der Waals surface area contributed by atoms with Crippen molar-refractivity contribution < 1.29 is 0 Å². The molecule has 2 aliphatic carbocycles. The van der Waals surface area contributed by atoms with Gasteiger partial charge in [0, 0.05) is 16.2 Å². The molecule has 2 aromatic heterocycles. The monoisotopic (exact) mass is 444 g/mol. The summed E-state index contributed by atoms with van der Waals surface area (Å²) in [6.07, 6.45) is 2.04. The van der Waals surface area contributed by atoms with Crippen molar-refractivity contribution in [2.45, 2.75) is 12.8 Å². The Bertz CT molecular complexity index is 2060. The van der Waals surface area contributed by atoms with Gasteiger partial charge in [0.05, 0.1) is 16.6 Å². The number of pyridine rings is 1. The summed E-state index contributed by atoms with van der Waals surface area (Å²) in [6.45, 7) is 0. The Kier molecular flexibility index (Phi) is 3.16. The van der Waals surface area contributed by atoms with Crippen molar-refractivity contribution in [1.29, 1.82) is 0 Å². The van der Waals surface area contributed by atoms with Crippen LogP contribution in [-0.2, 0) is 12.8 Å². The van der Waals surface area contributed by atoms with Crippen LogP contribution in [0.2, 0.25) is 0 Å². The van der Waals surface area contributed by atoms with E-state index in [4.69, 9.17) is 4.98 Å². The van der Waals surface area contributed by atoms with Crippen LogP contribution in [0.15, 0.2) is 97.1 Å². The first-order valence-corrected chi connectivity index (χ1v) is 12.3. The van der Waals surface area contributed by atoms with Crippen LogP contribution in [0.4, 0.5) is 0 Å². The number of hydrogen-bond acceptors (Lipinski definition) is 1. The minimum Gasteiger partial charge on any atom is -0.292 e. The van der Waals surface area contributed by atoms with E-state index in [2.05, 4.69) is 101 Å². The van der Waals surface area contributed by atoms with E-state index in [0.717, 1.165) is 29.5 Å². The normalized spacial score (nSPS) is 13.5. The van der Waals surface area contributed by atoms with E-state index in [1.807, 2.05) is 0 Å². The smallest absolute Gasteiger partial charge is 0.146 e. The molecule has 35 heavy (non-hydrogen) atoms. The van der Waals surface area contributed by atoms with Crippen molar-refractivity contribution in [1.82, 2.24) is 9.38 Å². The van der Waals surface area contributed by atoms with Gasteiger partial charge in [0.15, 0.2) is 0 Å². The molecular formula is C33H20N2. The van der Waals surface area contributed by atoms with E-state index in [9.17, 15) is 0 Å². The number of para-hydroxylation sites is 3. The topological polar surface area (TPSA) is 17.3 Å². The zero-order valence-corrected chi connectivity index (χ0v) is 19.0. The van der Waals surface area contributed by atoms with Gasteiger partial charge in [-0.25, -0.2) is 4.98 Å². The zero-order valence-electron chi connectivity index (χ0n) is 19.0. The lowest BCUT2D eigenvalue weighted by molar-refractivity contribution is 1.23. The highest BCUT2D eigenvalue weighted by Crippen LogP contribution is 2.50. The largest absolute Gasteiger partial charge is 0.292 e. The Morgan fingerprint density at radius 1 is 0.543 bits per heavy atom. The van der Waals surface area contributed by atoms with Gasteiger partial charge in [0.2, 0.25) is 0 Å². The van der Waals surface area contributed by atoms with E-state index in [0.29, 0.717) is 0 Å². The molecule has 0 unspecified atom stereocenters. The Morgan fingerprint density at radius 3 is 2.29 bits per heavy atom. The molecule has 2 heteroatoms. The minimum absolute atomic E-state index is 0.994. The molecule has 2 aliphatic rings. The van der Waals surface area contributed by atoms with Crippen LogP contribution in [0.1, 0.15) is 22.3 Å². The molecule has 0 aliphatic heterocycles. The van der Waals surface area contributed by atoms with Crippen LogP contribution >= 0.6 is 0 Å². The second kappa shape index (κ2) is 6.17. The van der Waals surface area contributed by atoms with Gasteiger partial charge in [-0.3, -0.25) is 4.40 Å². The number of nitrogens with zero attached hydrogens (tertiary/aromatic N) is 2. The van der Waals surface area contributed by atoms with Crippen LogP contribution in [0.5, 0.6) is 0 Å². The predicted molar refractivity (Wildman–Crippen MR) is 144 cm³/mol. The lowest BCUT2D eigenvalue weighted by Crippen LogP contribution is -1.93. The number of aromatic nitrogens is 2. The van der Waals surface area contributed by atoms with Crippen LogP contribution in [-0.4, -0.2) is 9.38 Å². The van der Waals surface area contributed by atoms with Crippen molar-refractivity contribution in [3.8, 4) is 22.3 Å². The maximum absolute atomic E-state index is 5.13. The van der Waals surface area contributed by atoms with Gasteiger partial charge in [-0.1, -0.05) is 78.9 Å². The fraction of sp³-hybridized carbons (Fsp3) is 0.0606. The van der Waals surface area contributed by atoms with Gasteiger partial charge in [-0.05, 0) is 75.5 Å². The van der Waals surface area contributed by atoms with E-state index in [1.54, 1.807) is 0 Å². The fourth-order valence-corrected chi connectivity index (χ4v) is 6.81. The quantitative estimate of drug-likeness (QED) is 0.217. The van der Waals surface area contributed by atoms with E-state index < -0.39 is 0 Å². The Morgan fingerprint density at radius 2 is 1.31 bits per heavy atom. The second-order valence-corrected chi connectivity index (χ2v) is 9.94. The van der Waals surface area contributed by atoms with Crippen LogP contribution in [0, 0.1) is 0 Å². The molecule has 0 amide bonds. The molecule has 2 nitrogen and oxygen atoms in total. The molecule has 5 aromatic carbocycles. The molecule has 9 rings (SSSR count). The summed E-state index contributed by atoms with van der Waals surface area (Å²) in [4.78, 5) is 5.13. The highest BCUT2D eigenvalue weighted by atomic mass is 15.0. The predicted octanol–water partition coefficient (Wildman–Crippen LogP) is 7.94. The van der Waals surface area contributed by atoms with E-state index >= 15 is 0 Å². The molecule has 0 saturated heterocycles. The third-order valence-corrected chi connectivity index (χ3v) is 8.21. The number of fused-ring (bicyclic) bond motifs is 16. The lowest BCUT2D eigenvalue weighted by atomic mass is 9.93. The zero-order chi connectivity index (χ0) is 22.7. The highest BCUT2D eigenvalue weighted by molar-refractivity contribution is 6.20. The van der Waals surface area contributed by atoms with Gasteiger partial charge in [0.25, 0.3) is 0 Å². The number of benzene rings is 5. The average Bonchev–Trinajstić information content (AvgIpc) is 3.59. The summed E-state index contributed by atoms with van der Waals surface area (Å²) in [5.74, 6) is 0. The maximum atomic E-state index is 5.13. The first kappa shape index (κ1) is 18.0. The van der Waals surface area contributed by atoms with Crippen molar-refractivity contribution >= 4 is 38.4 Å². The summed E-state index contributed by atoms with van der Waals surface area (Å²) in [5.41, 5.74) is 16.0. The standard InChI is InChI=1S/C33H20N2/c1-2-8-22-19(7-1)17-20-13-15-23-26(30(20)22)18-21-14-16-25-32(31(21)23)24-9-3-5-11-28(24)35-29-12-6-4-10-27(29)34-33(25)35/h1-16H,17-18H2. The summed E-state index contributed by atoms with van der Waals surface area (Å²) in [6, 6.07) is 35.6.